The lowest BCUT2D eigenvalue weighted by Crippen LogP contribution is -2.46. The molecule has 0 aromatic carbocycles. The van der Waals surface area contributed by atoms with Crippen molar-refractivity contribution in [2.45, 2.75) is 12.5 Å². The molecule has 0 aliphatic heterocycles. The first kappa shape index (κ1) is 12.1. The van der Waals surface area contributed by atoms with Crippen LogP contribution in [0.2, 0.25) is 0 Å². The minimum Gasteiger partial charge on any atom is -0.480 e. The molecular weight excluding hydrogens is 234 g/mol. The smallest absolute Gasteiger partial charge is 0.328 e. The number of carboxylic acids is 1. The molecule has 0 heterocycles. The Morgan fingerprint density at radius 2 is 2.15 bits per heavy atom. The summed E-state index contributed by atoms with van der Waals surface area (Å²) in [6.45, 7) is 8.45. The second kappa shape index (κ2) is 4.39. The second-order valence-electron chi connectivity index (χ2n) is 2.76. The molecule has 3 N–H and O–H groups in total. The summed E-state index contributed by atoms with van der Waals surface area (Å²) < 4.78 is 0.556. The van der Waals surface area contributed by atoms with E-state index in [1.54, 1.807) is 0 Å². The zero-order valence-electron chi connectivity index (χ0n) is 7.38. The van der Waals surface area contributed by atoms with Gasteiger partial charge in [0.05, 0.1) is 0 Å². The van der Waals surface area contributed by atoms with Gasteiger partial charge in [0.2, 0.25) is 0 Å². The number of hydrogen-bond acceptors (Lipinski definition) is 2. The van der Waals surface area contributed by atoms with Crippen LogP contribution in [0.3, 0.4) is 0 Å². The fourth-order valence-corrected chi connectivity index (χ4v) is 0.960. The number of halogens is 1. The highest BCUT2D eigenvalue weighted by molar-refractivity contribution is 9.11. The van der Waals surface area contributed by atoms with Crippen LogP contribution in [0.25, 0.3) is 0 Å². The Morgan fingerprint density at radius 3 is 2.38 bits per heavy atom. The van der Waals surface area contributed by atoms with Crippen LogP contribution in [0.5, 0.6) is 0 Å². The number of hydrogen-bond donors (Lipinski definition) is 2. The van der Waals surface area contributed by atoms with E-state index in [9.17, 15) is 4.79 Å². The van der Waals surface area contributed by atoms with Crippen LogP contribution < -0.4 is 5.73 Å². The van der Waals surface area contributed by atoms with Gasteiger partial charge in [-0.25, -0.2) is 4.79 Å². The maximum Gasteiger partial charge on any atom is 0.328 e. The Balaban J connectivity index is 5.09. The van der Waals surface area contributed by atoms with Gasteiger partial charge in [-0.1, -0.05) is 35.2 Å². The molecule has 0 aromatic heterocycles. The molecule has 0 radical (unpaired) electrons. The highest BCUT2D eigenvalue weighted by atomic mass is 79.9. The molecule has 0 saturated heterocycles. The number of carboxylic acid groups (broad SMARTS) is 1. The first-order valence-corrected chi connectivity index (χ1v) is 4.33. The van der Waals surface area contributed by atoms with Crippen LogP contribution in [-0.2, 0) is 4.79 Å². The summed E-state index contributed by atoms with van der Waals surface area (Å²) in [5.74, 6) is -1.10. The fraction of sp³-hybridized carbons (Fsp3) is 0.222. The third-order valence-electron chi connectivity index (χ3n) is 1.58. The van der Waals surface area contributed by atoms with E-state index >= 15 is 0 Å². The Bertz CT molecular complexity index is 279. The van der Waals surface area contributed by atoms with Gasteiger partial charge < -0.3 is 10.8 Å². The number of nitrogens with two attached hydrogens (primary N) is 1. The summed E-state index contributed by atoms with van der Waals surface area (Å²) in [5, 5.41) is 8.80. The minimum absolute atomic E-state index is 0.405. The first-order chi connectivity index (χ1) is 5.82. The maximum absolute atomic E-state index is 10.7. The SMILES string of the molecule is C=C/C(=C\C(=C)Br)C(C)(N)C(=O)O. The van der Waals surface area contributed by atoms with E-state index in [0.717, 1.165) is 0 Å². The minimum atomic E-state index is -1.43. The zero-order valence-corrected chi connectivity index (χ0v) is 8.97. The average molecular weight is 246 g/mol. The lowest BCUT2D eigenvalue weighted by Gasteiger charge is -2.20. The zero-order chi connectivity index (χ0) is 10.6. The van der Waals surface area contributed by atoms with Gasteiger partial charge in [-0.3, -0.25) is 0 Å². The summed E-state index contributed by atoms with van der Waals surface area (Å²) in [4.78, 5) is 10.7. The summed E-state index contributed by atoms with van der Waals surface area (Å²) in [6.07, 6.45) is 2.93. The maximum atomic E-state index is 10.7. The van der Waals surface area contributed by atoms with Crippen molar-refractivity contribution in [1.29, 1.82) is 0 Å². The van der Waals surface area contributed by atoms with Gasteiger partial charge in [-0.2, -0.15) is 0 Å². The van der Waals surface area contributed by atoms with Crippen molar-refractivity contribution in [3.63, 3.8) is 0 Å². The van der Waals surface area contributed by atoms with Crippen molar-refractivity contribution < 1.29 is 9.90 Å². The molecule has 0 rings (SSSR count). The van der Waals surface area contributed by atoms with E-state index in [1.807, 2.05) is 0 Å². The number of rotatable bonds is 4. The molecule has 72 valence electrons. The second-order valence-corrected chi connectivity index (χ2v) is 3.78. The van der Waals surface area contributed by atoms with Crippen LogP contribution in [0.15, 0.2) is 35.4 Å². The van der Waals surface area contributed by atoms with E-state index in [-0.39, 0.29) is 0 Å². The van der Waals surface area contributed by atoms with E-state index in [4.69, 9.17) is 10.8 Å². The molecule has 1 unspecified atom stereocenters. The number of aliphatic carboxylic acids is 1. The quantitative estimate of drug-likeness (QED) is 0.743. The number of carbonyl (C=O) groups is 1. The predicted molar refractivity (Wildman–Crippen MR) is 56.6 cm³/mol. The molecule has 0 fully saturated rings. The summed E-state index contributed by atoms with van der Waals surface area (Å²) in [5.41, 5.74) is 4.53. The van der Waals surface area contributed by atoms with Crippen molar-refractivity contribution in [2.75, 3.05) is 0 Å². The largest absolute Gasteiger partial charge is 0.480 e. The third-order valence-corrected chi connectivity index (χ3v) is 1.80. The van der Waals surface area contributed by atoms with Crippen LogP contribution in [-0.4, -0.2) is 16.6 Å². The lowest BCUT2D eigenvalue weighted by molar-refractivity contribution is -0.141. The van der Waals surface area contributed by atoms with Crippen LogP contribution in [0.4, 0.5) is 0 Å². The highest BCUT2D eigenvalue weighted by Gasteiger charge is 2.30. The molecular formula is C9H12BrNO2. The van der Waals surface area contributed by atoms with Crippen molar-refractivity contribution >= 4 is 21.9 Å². The van der Waals surface area contributed by atoms with Gasteiger partial charge in [-0.15, -0.1) is 0 Å². The van der Waals surface area contributed by atoms with Crippen LogP contribution in [0.1, 0.15) is 6.92 Å². The van der Waals surface area contributed by atoms with Gasteiger partial charge in [0.1, 0.15) is 5.54 Å². The topological polar surface area (TPSA) is 63.3 Å². The Labute approximate surface area is 85.8 Å². The van der Waals surface area contributed by atoms with E-state index in [2.05, 4.69) is 29.1 Å². The lowest BCUT2D eigenvalue weighted by atomic mass is 9.93. The standard InChI is InChI=1S/C9H12BrNO2/c1-4-7(5-6(2)10)9(3,11)8(12)13/h4-5H,1-2,11H2,3H3,(H,12,13)/b7-5+. The molecule has 13 heavy (non-hydrogen) atoms. The van der Waals surface area contributed by atoms with Gasteiger partial charge in [0, 0.05) is 4.48 Å². The first-order valence-electron chi connectivity index (χ1n) is 3.53. The molecule has 0 amide bonds. The summed E-state index contributed by atoms with van der Waals surface area (Å²) in [6, 6.07) is 0. The van der Waals surface area contributed by atoms with E-state index in [1.165, 1.54) is 19.1 Å². The van der Waals surface area contributed by atoms with Gasteiger partial charge in [0.25, 0.3) is 0 Å². The Morgan fingerprint density at radius 1 is 1.69 bits per heavy atom. The molecule has 0 aliphatic rings. The van der Waals surface area contributed by atoms with Crippen LogP contribution in [0, 0.1) is 0 Å². The van der Waals surface area contributed by atoms with Crippen LogP contribution >= 0.6 is 15.9 Å². The monoisotopic (exact) mass is 245 g/mol. The summed E-state index contributed by atoms with van der Waals surface area (Å²) >= 11 is 3.09. The van der Waals surface area contributed by atoms with Crippen molar-refractivity contribution in [3.05, 3.63) is 35.4 Å². The van der Waals surface area contributed by atoms with E-state index in [0.29, 0.717) is 10.1 Å². The van der Waals surface area contributed by atoms with Gasteiger partial charge >= 0.3 is 5.97 Å². The van der Waals surface area contributed by atoms with Crippen molar-refractivity contribution in [3.8, 4) is 0 Å². The molecule has 4 heteroatoms. The number of allylic oxidation sites excluding steroid dienone is 2. The van der Waals surface area contributed by atoms with Crippen molar-refractivity contribution in [2.24, 2.45) is 5.73 Å². The van der Waals surface area contributed by atoms with Gasteiger partial charge in [-0.05, 0) is 18.6 Å². The fourth-order valence-electron chi connectivity index (χ4n) is 0.713. The third kappa shape index (κ3) is 3.16. The predicted octanol–water partition coefficient (Wildman–Crippen LogP) is 1.81. The highest BCUT2D eigenvalue weighted by Crippen LogP contribution is 2.18. The molecule has 3 nitrogen and oxygen atoms in total. The summed E-state index contributed by atoms with van der Waals surface area (Å²) in [7, 11) is 0. The normalized spacial score (nSPS) is 16.1. The molecule has 1 atom stereocenters. The molecule has 0 bridgehead atoms. The molecule has 0 aliphatic carbocycles. The Hall–Kier alpha value is -0.870. The van der Waals surface area contributed by atoms with Gasteiger partial charge in [0.15, 0.2) is 0 Å². The molecule has 0 aromatic rings. The van der Waals surface area contributed by atoms with E-state index < -0.39 is 11.5 Å². The Kier molecular flexibility index (Phi) is 4.10. The average Bonchev–Trinajstić information content (AvgIpc) is 1.99. The molecule has 0 saturated carbocycles. The molecule has 0 spiro atoms. The van der Waals surface area contributed by atoms with Crippen molar-refractivity contribution in [1.82, 2.24) is 0 Å².